The summed E-state index contributed by atoms with van der Waals surface area (Å²) in [7, 11) is 0. The van der Waals surface area contributed by atoms with E-state index in [0.29, 0.717) is 6.61 Å². The van der Waals surface area contributed by atoms with Gasteiger partial charge in [0.15, 0.2) is 0 Å². The zero-order chi connectivity index (χ0) is 8.69. The molecule has 0 bridgehead atoms. The standard InChI is InChI=1S/C10H22O/c1-4-6-10(7-8-11)9(3)5-2/h9-11H,4-8H2,1-3H3. The first-order valence-electron chi connectivity index (χ1n) is 4.87. The minimum Gasteiger partial charge on any atom is -0.396 e. The van der Waals surface area contributed by atoms with Crippen LogP contribution in [0.2, 0.25) is 0 Å². The van der Waals surface area contributed by atoms with E-state index in [0.717, 1.165) is 18.3 Å². The van der Waals surface area contributed by atoms with Crippen molar-refractivity contribution < 1.29 is 5.11 Å². The molecule has 0 aromatic carbocycles. The minimum atomic E-state index is 0.356. The molecule has 0 aromatic rings. The van der Waals surface area contributed by atoms with Crippen LogP contribution < -0.4 is 0 Å². The van der Waals surface area contributed by atoms with Crippen molar-refractivity contribution in [2.24, 2.45) is 11.8 Å². The van der Waals surface area contributed by atoms with Gasteiger partial charge in [-0.1, -0.05) is 40.0 Å². The lowest BCUT2D eigenvalue weighted by Crippen LogP contribution is -2.12. The first-order chi connectivity index (χ1) is 5.26. The lowest BCUT2D eigenvalue weighted by molar-refractivity contribution is 0.214. The van der Waals surface area contributed by atoms with Crippen molar-refractivity contribution >= 4 is 0 Å². The topological polar surface area (TPSA) is 20.2 Å². The molecule has 2 unspecified atom stereocenters. The van der Waals surface area contributed by atoms with Gasteiger partial charge in [0.25, 0.3) is 0 Å². The second kappa shape index (κ2) is 6.66. The molecule has 0 aliphatic carbocycles. The Morgan fingerprint density at radius 2 is 1.82 bits per heavy atom. The SMILES string of the molecule is CCCC(CCO)C(C)CC. The van der Waals surface area contributed by atoms with Crippen molar-refractivity contribution in [1.29, 1.82) is 0 Å². The van der Waals surface area contributed by atoms with Crippen molar-refractivity contribution in [3.63, 3.8) is 0 Å². The molecule has 0 rings (SSSR count). The molecule has 0 aliphatic rings. The minimum absolute atomic E-state index is 0.356. The Bertz CT molecular complexity index is 74.9. The molecule has 0 aromatic heterocycles. The van der Waals surface area contributed by atoms with Gasteiger partial charge < -0.3 is 5.11 Å². The third-order valence-electron chi connectivity index (χ3n) is 2.61. The molecule has 0 heterocycles. The third kappa shape index (κ3) is 4.41. The second-order valence-electron chi connectivity index (χ2n) is 3.45. The molecular weight excluding hydrogens is 136 g/mol. The fourth-order valence-electron chi connectivity index (χ4n) is 1.58. The van der Waals surface area contributed by atoms with Crippen LogP contribution in [0.1, 0.15) is 46.5 Å². The molecule has 68 valence electrons. The molecule has 2 atom stereocenters. The molecule has 1 N–H and O–H groups in total. The van der Waals surface area contributed by atoms with Crippen molar-refractivity contribution in [3.8, 4) is 0 Å². The van der Waals surface area contributed by atoms with E-state index in [1.807, 2.05) is 0 Å². The van der Waals surface area contributed by atoms with Gasteiger partial charge in [0.2, 0.25) is 0 Å². The summed E-state index contributed by atoms with van der Waals surface area (Å²) in [4.78, 5) is 0. The fourth-order valence-corrected chi connectivity index (χ4v) is 1.58. The van der Waals surface area contributed by atoms with E-state index in [9.17, 15) is 0 Å². The Labute approximate surface area is 70.8 Å². The summed E-state index contributed by atoms with van der Waals surface area (Å²) in [6, 6.07) is 0. The van der Waals surface area contributed by atoms with Crippen molar-refractivity contribution in [2.45, 2.75) is 46.5 Å². The van der Waals surface area contributed by atoms with Crippen LogP contribution >= 0.6 is 0 Å². The summed E-state index contributed by atoms with van der Waals surface area (Å²) >= 11 is 0. The molecule has 0 saturated heterocycles. The largest absolute Gasteiger partial charge is 0.396 e. The second-order valence-corrected chi connectivity index (χ2v) is 3.45. The van der Waals surface area contributed by atoms with Gasteiger partial charge in [-0.05, 0) is 18.3 Å². The number of hydrogen-bond donors (Lipinski definition) is 1. The summed E-state index contributed by atoms with van der Waals surface area (Å²) in [6.45, 7) is 7.09. The first-order valence-corrected chi connectivity index (χ1v) is 4.87. The van der Waals surface area contributed by atoms with E-state index in [2.05, 4.69) is 20.8 Å². The summed E-state index contributed by atoms with van der Waals surface area (Å²) in [5, 5.41) is 8.81. The summed E-state index contributed by atoms with van der Waals surface area (Å²) in [6.07, 6.45) is 4.75. The van der Waals surface area contributed by atoms with Crippen molar-refractivity contribution in [2.75, 3.05) is 6.61 Å². The normalized spacial score (nSPS) is 16.4. The zero-order valence-corrected chi connectivity index (χ0v) is 8.14. The highest BCUT2D eigenvalue weighted by atomic mass is 16.3. The number of rotatable bonds is 6. The molecular formula is C10H22O. The summed E-state index contributed by atoms with van der Waals surface area (Å²) in [5.41, 5.74) is 0. The van der Waals surface area contributed by atoms with Crippen LogP contribution in [0.15, 0.2) is 0 Å². The van der Waals surface area contributed by atoms with Crippen LogP contribution in [0.25, 0.3) is 0 Å². The van der Waals surface area contributed by atoms with E-state index >= 15 is 0 Å². The quantitative estimate of drug-likeness (QED) is 0.630. The van der Waals surface area contributed by atoms with Crippen molar-refractivity contribution in [3.05, 3.63) is 0 Å². The van der Waals surface area contributed by atoms with Gasteiger partial charge in [-0.25, -0.2) is 0 Å². The summed E-state index contributed by atoms with van der Waals surface area (Å²) in [5.74, 6) is 1.53. The lowest BCUT2D eigenvalue weighted by Gasteiger charge is -2.21. The van der Waals surface area contributed by atoms with Gasteiger partial charge in [-0.3, -0.25) is 0 Å². The average Bonchev–Trinajstić information content (AvgIpc) is 2.03. The van der Waals surface area contributed by atoms with E-state index in [1.54, 1.807) is 0 Å². The molecule has 0 saturated carbocycles. The third-order valence-corrected chi connectivity index (χ3v) is 2.61. The Morgan fingerprint density at radius 1 is 1.18 bits per heavy atom. The Balaban J connectivity index is 3.66. The van der Waals surface area contributed by atoms with Crippen LogP contribution in [-0.2, 0) is 0 Å². The van der Waals surface area contributed by atoms with Crippen molar-refractivity contribution in [1.82, 2.24) is 0 Å². The highest BCUT2D eigenvalue weighted by molar-refractivity contribution is 4.64. The fraction of sp³-hybridized carbons (Fsp3) is 1.00. The zero-order valence-electron chi connectivity index (χ0n) is 8.14. The van der Waals surface area contributed by atoms with Gasteiger partial charge in [-0.2, -0.15) is 0 Å². The van der Waals surface area contributed by atoms with Gasteiger partial charge in [0, 0.05) is 6.61 Å². The molecule has 1 heteroatoms. The van der Waals surface area contributed by atoms with E-state index < -0.39 is 0 Å². The van der Waals surface area contributed by atoms with Crippen LogP contribution in [0, 0.1) is 11.8 Å². The molecule has 0 amide bonds. The highest BCUT2D eigenvalue weighted by Crippen LogP contribution is 2.23. The number of aliphatic hydroxyl groups excluding tert-OH is 1. The molecule has 1 nitrogen and oxygen atoms in total. The van der Waals surface area contributed by atoms with Gasteiger partial charge in [-0.15, -0.1) is 0 Å². The number of aliphatic hydroxyl groups is 1. The molecule has 0 radical (unpaired) electrons. The van der Waals surface area contributed by atoms with E-state index in [1.165, 1.54) is 19.3 Å². The summed E-state index contributed by atoms with van der Waals surface area (Å²) < 4.78 is 0. The molecule has 0 fully saturated rings. The van der Waals surface area contributed by atoms with E-state index in [-0.39, 0.29) is 0 Å². The van der Waals surface area contributed by atoms with E-state index in [4.69, 9.17) is 5.11 Å². The van der Waals surface area contributed by atoms with Crippen LogP contribution in [-0.4, -0.2) is 11.7 Å². The van der Waals surface area contributed by atoms with Gasteiger partial charge in [0.1, 0.15) is 0 Å². The monoisotopic (exact) mass is 158 g/mol. The van der Waals surface area contributed by atoms with Crippen LogP contribution in [0.4, 0.5) is 0 Å². The van der Waals surface area contributed by atoms with Crippen LogP contribution in [0.5, 0.6) is 0 Å². The predicted molar refractivity (Wildman–Crippen MR) is 49.6 cm³/mol. The molecule has 11 heavy (non-hydrogen) atoms. The van der Waals surface area contributed by atoms with Gasteiger partial charge >= 0.3 is 0 Å². The maximum absolute atomic E-state index is 8.81. The molecule has 0 spiro atoms. The maximum atomic E-state index is 8.81. The Hall–Kier alpha value is -0.0400. The van der Waals surface area contributed by atoms with Gasteiger partial charge in [0.05, 0.1) is 0 Å². The number of hydrogen-bond acceptors (Lipinski definition) is 1. The average molecular weight is 158 g/mol. The predicted octanol–water partition coefficient (Wildman–Crippen LogP) is 2.83. The highest BCUT2D eigenvalue weighted by Gasteiger charge is 2.13. The smallest absolute Gasteiger partial charge is 0.0433 e. The van der Waals surface area contributed by atoms with Crippen LogP contribution in [0.3, 0.4) is 0 Å². The maximum Gasteiger partial charge on any atom is 0.0433 e. The molecule has 0 aliphatic heterocycles. The Morgan fingerprint density at radius 3 is 2.18 bits per heavy atom. The lowest BCUT2D eigenvalue weighted by atomic mass is 9.86. The Kier molecular flexibility index (Phi) is 6.63. The first kappa shape index (κ1) is 11.0.